The largest absolute Gasteiger partial charge is 0.494 e. The Labute approximate surface area is 234 Å². The lowest BCUT2D eigenvalue weighted by Gasteiger charge is -2.35. The molecule has 1 aliphatic heterocycles. The topological polar surface area (TPSA) is 54.0 Å². The molecule has 0 amide bonds. The van der Waals surface area contributed by atoms with E-state index in [0.717, 1.165) is 29.9 Å². The number of hydrogen-bond donors (Lipinski definition) is 0. The minimum atomic E-state index is -0.790. The van der Waals surface area contributed by atoms with Gasteiger partial charge in [-0.3, -0.25) is 0 Å². The summed E-state index contributed by atoms with van der Waals surface area (Å²) in [4.78, 5) is 12.7. The van der Waals surface area contributed by atoms with Crippen LogP contribution in [0.3, 0.4) is 0 Å². The molecule has 0 N–H and O–H groups in total. The number of rotatable bonds is 18. The van der Waals surface area contributed by atoms with Crippen molar-refractivity contribution in [3.8, 4) is 11.5 Å². The molecule has 39 heavy (non-hydrogen) atoms. The number of unbranched alkanes of at least 4 members (excludes halogenated alkanes) is 8. The van der Waals surface area contributed by atoms with Crippen LogP contribution >= 0.6 is 0 Å². The molecule has 1 saturated heterocycles. The summed E-state index contributed by atoms with van der Waals surface area (Å²) >= 11 is 0. The molecule has 3 rings (SSSR count). The maximum Gasteiger partial charge on any atom is 0.338 e. The third kappa shape index (κ3) is 10.8. The summed E-state index contributed by atoms with van der Waals surface area (Å²) in [5.74, 6) is 1.10. The van der Waals surface area contributed by atoms with Crippen molar-refractivity contribution >= 4 is 5.97 Å². The van der Waals surface area contributed by atoms with E-state index < -0.39 is 24.9 Å². The highest BCUT2D eigenvalue weighted by atomic mass is 19.1. The average Bonchev–Trinajstić information content (AvgIpc) is 2.97. The molecule has 2 aromatic carbocycles. The number of carbonyl (C=O) groups is 1. The Kier molecular flexibility index (Phi) is 14.2. The van der Waals surface area contributed by atoms with Gasteiger partial charge in [-0.1, -0.05) is 77.3 Å². The summed E-state index contributed by atoms with van der Waals surface area (Å²) in [6, 6.07) is 14.8. The first-order chi connectivity index (χ1) is 19.1. The molecule has 0 saturated carbocycles. The number of esters is 1. The van der Waals surface area contributed by atoms with Crippen molar-refractivity contribution in [2.45, 2.75) is 109 Å². The Morgan fingerprint density at radius 2 is 1.31 bits per heavy atom. The first-order valence-electron chi connectivity index (χ1n) is 15.0. The van der Waals surface area contributed by atoms with Gasteiger partial charge < -0.3 is 18.9 Å². The summed E-state index contributed by atoms with van der Waals surface area (Å²) in [7, 11) is 0. The maximum absolute atomic E-state index is 13.9. The Morgan fingerprint density at radius 1 is 0.769 bits per heavy atom. The maximum atomic E-state index is 13.9. The van der Waals surface area contributed by atoms with Gasteiger partial charge in [-0.25, -0.2) is 9.18 Å². The fourth-order valence-electron chi connectivity index (χ4n) is 4.85. The van der Waals surface area contributed by atoms with Crippen LogP contribution in [0.4, 0.5) is 4.39 Å². The van der Waals surface area contributed by atoms with E-state index in [4.69, 9.17) is 18.9 Å². The Bertz CT molecular complexity index is 930. The minimum Gasteiger partial charge on any atom is -0.494 e. The van der Waals surface area contributed by atoms with Crippen molar-refractivity contribution in [1.82, 2.24) is 0 Å². The van der Waals surface area contributed by atoms with Crippen LogP contribution in [0, 0.1) is 0 Å². The zero-order valence-electron chi connectivity index (χ0n) is 23.9. The van der Waals surface area contributed by atoms with Crippen molar-refractivity contribution in [1.29, 1.82) is 0 Å². The molecule has 5 nitrogen and oxygen atoms in total. The normalized spacial score (nSPS) is 19.0. The predicted octanol–water partition coefficient (Wildman–Crippen LogP) is 8.80. The lowest BCUT2D eigenvalue weighted by atomic mass is 9.96. The van der Waals surface area contributed by atoms with E-state index in [1.54, 1.807) is 24.3 Å². The predicted molar refractivity (Wildman–Crippen MR) is 153 cm³/mol. The zero-order valence-corrected chi connectivity index (χ0v) is 23.9. The first kappa shape index (κ1) is 30.9. The Hall–Kier alpha value is -2.60. The Balaban J connectivity index is 1.41. The van der Waals surface area contributed by atoms with Gasteiger partial charge in [-0.05, 0) is 67.6 Å². The molecule has 1 heterocycles. The number of benzene rings is 2. The van der Waals surface area contributed by atoms with E-state index >= 15 is 0 Å². The van der Waals surface area contributed by atoms with Crippen LogP contribution in [0.25, 0.3) is 0 Å². The Morgan fingerprint density at radius 3 is 1.90 bits per heavy atom. The van der Waals surface area contributed by atoms with Crippen molar-refractivity contribution < 1.29 is 28.1 Å². The van der Waals surface area contributed by atoms with Crippen LogP contribution in [-0.4, -0.2) is 38.1 Å². The lowest BCUT2D eigenvalue weighted by molar-refractivity contribution is -0.130. The van der Waals surface area contributed by atoms with Crippen LogP contribution in [-0.2, 0) is 9.47 Å². The summed E-state index contributed by atoms with van der Waals surface area (Å²) in [6.07, 6.45) is 11.5. The van der Waals surface area contributed by atoms with Crippen LogP contribution in [0.5, 0.6) is 11.5 Å². The highest BCUT2D eigenvalue weighted by Gasteiger charge is 2.35. The smallest absolute Gasteiger partial charge is 0.338 e. The number of ether oxygens (including phenoxy) is 4. The summed E-state index contributed by atoms with van der Waals surface area (Å²) < 4.78 is 37.2. The van der Waals surface area contributed by atoms with E-state index in [2.05, 4.69) is 13.8 Å². The van der Waals surface area contributed by atoms with Crippen LogP contribution < -0.4 is 9.47 Å². The molecule has 216 valence electrons. The molecule has 2 aromatic rings. The van der Waals surface area contributed by atoms with Gasteiger partial charge in [0.25, 0.3) is 0 Å². The van der Waals surface area contributed by atoms with E-state index in [9.17, 15) is 9.18 Å². The highest BCUT2D eigenvalue weighted by Crippen LogP contribution is 2.34. The van der Waals surface area contributed by atoms with Crippen molar-refractivity contribution in [3.05, 3.63) is 59.7 Å². The lowest BCUT2D eigenvalue weighted by Crippen LogP contribution is -2.40. The van der Waals surface area contributed by atoms with Gasteiger partial charge in [0, 0.05) is 0 Å². The van der Waals surface area contributed by atoms with Crippen LogP contribution in [0.15, 0.2) is 48.5 Å². The molecule has 6 heteroatoms. The fourth-order valence-corrected chi connectivity index (χ4v) is 4.85. The molecule has 0 bridgehead atoms. The number of carbonyl (C=O) groups excluding carboxylic acids is 1. The van der Waals surface area contributed by atoms with Gasteiger partial charge in [-0.15, -0.1) is 0 Å². The SMILES string of the molecule is CCCCCCCCOc1ccc(C(=O)O[C@H]2CC[C@@H](c3ccc(OCCCCCC)cc3)O[C@@H]2CF)cc1. The standard InChI is InChI=1S/C33H47FO5/c1-3-5-7-9-10-12-24-37-29-19-15-27(16-20-29)33(35)39-31-22-21-30(38-32(31)25-34)26-13-17-28(18-14-26)36-23-11-8-6-4-2/h13-20,30-32H,3-12,21-25H2,1-2H3/t30-,31-,32+/m0/s1. The van der Waals surface area contributed by atoms with Gasteiger partial charge in [0.2, 0.25) is 0 Å². The van der Waals surface area contributed by atoms with Crippen LogP contribution in [0.2, 0.25) is 0 Å². The highest BCUT2D eigenvalue weighted by molar-refractivity contribution is 5.89. The van der Waals surface area contributed by atoms with Gasteiger partial charge >= 0.3 is 5.97 Å². The number of alkyl halides is 1. The fraction of sp³-hybridized carbons (Fsp3) is 0.606. The zero-order chi connectivity index (χ0) is 27.7. The van der Waals surface area contributed by atoms with E-state index in [1.165, 1.54) is 51.4 Å². The molecular formula is C33H47FO5. The molecular weight excluding hydrogens is 495 g/mol. The van der Waals surface area contributed by atoms with E-state index in [0.29, 0.717) is 31.6 Å². The van der Waals surface area contributed by atoms with Gasteiger partial charge in [0.05, 0.1) is 24.9 Å². The molecule has 0 aliphatic carbocycles. The molecule has 0 aromatic heterocycles. The third-order valence-corrected chi connectivity index (χ3v) is 7.25. The molecule has 0 spiro atoms. The molecule has 1 aliphatic rings. The summed E-state index contributed by atoms with van der Waals surface area (Å²) in [5, 5.41) is 0. The molecule has 3 atom stereocenters. The summed E-state index contributed by atoms with van der Waals surface area (Å²) in [5.41, 5.74) is 1.40. The van der Waals surface area contributed by atoms with Crippen molar-refractivity contribution in [2.24, 2.45) is 0 Å². The minimum absolute atomic E-state index is 0.234. The molecule has 1 fully saturated rings. The average molecular weight is 543 g/mol. The van der Waals surface area contributed by atoms with Gasteiger partial charge in [0.1, 0.15) is 30.4 Å². The van der Waals surface area contributed by atoms with Gasteiger partial charge in [-0.2, -0.15) is 0 Å². The second kappa shape index (κ2) is 17.9. The second-order valence-electron chi connectivity index (χ2n) is 10.5. The van der Waals surface area contributed by atoms with Crippen LogP contribution in [0.1, 0.15) is 113 Å². The second-order valence-corrected chi connectivity index (χ2v) is 10.5. The monoisotopic (exact) mass is 542 g/mol. The van der Waals surface area contributed by atoms with E-state index in [-0.39, 0.29) is 6.10 Å². The first-order valence-corrected chi connectivity index (χ1v) is 15.0. The number of hydrogen-bond acceptors (Lipinski definition) is 5. The van der Waals surface area contributed by atoms with Gasteiger partial charge in [0.15, 0.2) is 0 Å². The van der Waals surface area contributed by atoms with E-state index in [1.807, 2.05) is 24.3 Å². The van der Waals surface area contributed by atoms with Crippen molar-refractivity contribution in [3.63, 3.8) is 0 Å². The third-order valence-electron chi connectivity index (χ3n) is 7.25. The molecule has 0 unspecified atom stereocenters. The molecule has 0 radical (unpaired) electrons. The van der Waals surface area contributed by atoms with Crippen molar-refractivity contribution in [2.75, 3.05) is 19.9 Å². The summed E-state index contributed by atoms with van der Waals surface area (Å²) in [6.45, 7) is 5.08. The number of halogens is 1. The quantitative estimate of drug-likeness (QED) is 0.139.